The van der Waals surface area contributed by atoms with Gasteiger partial charge in [-0.15, -0.1) is 0 Å². The van der Waals surface area contributed by atoms with Gasteiger partial charge in [0.05, 0.1) is 35.5 Å². The monoisotopic (exact) mass is 507 g/mol. The summed E-state index contributed by atoms with van der Waals surface area (Å²) in [4.78, 5) is 25.9. The molecule has 4 rings (SSSR count). The quantitative estimate of drug-likeness (QED) is 0.355. The maximum atomic E-state index is 13.0. The predicted molar refractivity (Wildman–Crippen MR) is 137 cm³/mol. The van der Waals surface area contributed by atoms with Crippen molar-refractivity contribution >= 4 is 22.6 Å². The summed E-state index contributed by atoms with van der Waals surface area (Å²) in [6.45, 7) is 0. The molecule has 37 heavy (non-hydrogen) atoms. The molecule has 0 bridgehead atoms. The van der Waals surface area contributed by atoms with Crippen LogP contribution in [0.5, 0.6) is 34.5 Å². The second kappa shape index (κ2) is 10.4. The van der Waals surface area contributed by atoms with Crippen LogP contribution < -0.4 is 34.4 Å². The number of anilines is 1. The molecule has 0 fully saturated rings. The van der Waals surface area contributed by atoms with Gasteiger partial charge in [0.25, 0.3) is 5.91 Å². The number of hydrogen-bond acceptors (Lipinski definition) is 9. The zero-order chi connectivity index (χ0) is 26.7. The fraction of sp³-hybridized carbons (Fsp3) is 0.185. The third-order valence-corrected chi connectivity index (χ3v) is 5.67. The SMILES string of the molecule is COc1cc(NC(=O)c2cccc(-c3cc(=O)c4c(O)c(OC)c(OC)cc4o3)c2)cc(OC)c1OC. The Hall–Kier alpha value is -4.86. The lowest BCUT2D eigenvalue weighted by molar-refractivity contribution is 0.102. The van der Waals surface area contributed by atoms with Gasteiger partial charge in [-0.05, 0) is 12.1 Å². The van der Waals surface area contributed by atoms with E-state index in [2.05, 4.69) is 5.32 Å². The molecule has 0 atom stereocenters. The molecule has 1 amide bonds. The topological polar surface area (TPSA) is 126 Å². The number of ether oxygens (including phenoxy) is 5. The first kappa shape index (κ1) is 25.2. The van der Waals surface area contributed by atoms with Crippen molar-refractivity contribution in [3.63, 3.8) is 0 Å². The summed E-state index contributed by atoms with van der Waals surface area (Å²) < 4.78 is 32.3. The van der Waals surface area contributed by atoms with Crippen LogP contribution in [-0.2, 0) is 0 Å². The van der Waals surface area contributed by atoms with Gasteiger partial charge >= 0.3 is 0 Å². The first-order valence-corrected chi connectivity index (χ1v) is 11.0. The third kappa shape index (κ3) is 4.68. The van der Waals surface area contributed by atoms with Crippen LogP contribution in [0.15, 0.2) is 57.7 Å². The Morgan fingerprint density at radius 2 is 1.43 bits per heavy atom. The second-order valence-corrected chi connectivity index (χ2v) is 7.76. The molecule has 10 heteroatoms. The molecule has 0 aliphatic carbocycles. The summed E-state index contributed by atoms with van der Waals surface area (Å²) in [5.41, 5.74) is 0.834. The molecule has 0 radical (unpaired) electrons. The predicted octanol–water partition coefficient (Wildman–Crippen LogP) is 4.46. The maximum Gasteiger partial charge on any atom is 0.255 e. The number of hydrogen-bond donors (Lipinski definition) is 2. The van der Waals surface area contributed by atoms with Gasteiger partial charge in [-0.3, -0.25) is 9.59 Å². The van der Waals surface area contributed by atoms with Crippen molar-refractivity contribution in [2.24, 2.45) is 0 Å². The number of phenols is 1. The minimum Gasteiger partial charge on any atom is -0.504 e. The van der Waals surface area contributed by atoms with Crippen molar-refractivity contribution in [2.45, 2.75) is 0 Å². The number of fused-ring (bicyclic) bond motifs is 1. The van der Waals surface area contributed by atoms with Crippen molar-refractivity contribution in [2.75, 3.05) is 40.9 Å². The minimum atomic E-state index is -0.484. The molecule has 2 N–H and O–H groups in total. The summed E-state index contributed by atoms with van der Waals surface area (Å²) >= 11 is 0. The molecule has 0 saturated heterocycles. The number of carbonyl (C=O) groups is 1. The number of rotatable bonds is 8. The highest BCUT2D eigenvalue weighted by Gasteiger charge is 2.20. The van der Waals surface area contributed by atoms with E-state index in [0.717, 1.165) is 0 Å². The van der Waals surface area contributed by atoms with Crippen molar-refractivity contribution < 1.29 is 38.0 Å². The zero-order valence-corrected chi connectivity index (χ0v) is 20.8. The Labute approximate surface area is 211 Å². The van der Waals surface area contributed by atoms with Gasteiger partial charge in [0, 0.05) is 41.1 Å². The van der Waals surface area contributed by atoms with E-state index in [-0.39, 0.29) is 34.0 Å². The third-order valence-electron chi connectivity index (χ3n) is 5.67. The Kier molecular flexibility index (Phi) is 7.10. The molecule has 10 nitrogen and oxygen atoms in total. The number of methoxy groups -OCH3 is 5. The molecular formula is C27H25NO9. The summed E-state index contributed by atoms with van der Waals surface area (Å²) in [7, 11) is 7.21. The van der Waals surface area contributed by atoms with Crippen LogP contribution in [0.2, 0.25) is 0 Å². The van der Waals surface area contributed by atoms with Crippen LogP contribution in [0, 0.1) is 0 Å². The molecule has 0 saturated carbocycles. The number of amides is 1. The van der Waals surface area contributed by atoms with E-state index < -0.39 is 11.3 Å². The molecule has 192 valence electrons. The average molecular weight is 507 g/mol. The zero-order valence-electron chi connectivity index (χ0n) is 20.8. The number of benzene rings is 3. The van der Waals surface area contributed by atoms with Crippen molar-refractivity contribution in [1.82, 2.24) is 0 Å². The van der Waals surface area contributed by atoms with Crippen LogP contribution in [0.3, 0.4) is 0 Å². The highest BCUT2D eigenvalue weighted by atomic mass is 16.5. The smallest absolute Gasteiger partial charge is 0.255 e. The Bertz CT molecular complexity index is 1520. The van der Waals surface area contributed by atoms with E-state index in [1.165, 1.54) is 47.7 Å². The lowest BCUT2D eigenvalue weighted by Gasteiger charge is -2.15. The minimum absolute atomic E-state index is 0.0283. The molecular weight excluding hydrogens is 482 g/mol. The highest BCUT2D eigenvalue weighted by Crippen LogP contribution is 2.42. The van der Waals surface area contributed by atoms with Gasteiger partial charge < -0.3 is 38.5 Å². The summed E-state index contributed by atoms with van der Waals surface area (Å²) in [6, 6.07) is 12.5. The largest absolute Gasteiger partial charge is 0.504 e. The van der Waals surface area contributed by atoms with Crippen molar-refractivity contribution in [3.8, 4) is 45.8 Å². The van der Waals surface area contributed by atoms with Crippen LogP contribution in [0.1, 0.15) is 10.4 Å². The van der Waals surface area contributed by atoms with Gasteiger partial charge in [-0.2, -0.15) is 0 Å². The number of carbonyl (C=O) groups excluding carboxylic acids is 1. The number of phenolic OH excluding ortho intramolecular Hbond substituents is 1. The maximum absolute atomic E-state index is 13.0. The first-order valence-electron chi connectivity index (χ1n) is 11.0. The van der Waals surface area contributed by atoms with Crippen LogP contribution in [-0.4, -0.2) is 46.6 Å². The van der Waals surface area contributed by atoms with Crippen molar-refractivity contribution in [1.29, 1.82) is 0 Å². The van der Waals surface area contributed by atoms with Gasteiger partial charge in [-0.25, -0.2) is 0 Å². The summed E-state index contributed by atoms with van der Waals surface area (Å²) in [5, 5.41) is 13.3. The van der Waals surface area contributed by atoms with Crippen LogP contribution in [0.4, 0.5) is 5.69 Å². The fourth-order valence-corrected chi connectivity index (χ4v) is 3.92. The normalized spacial score (nSPS) is 10.6. The average Bonchev–Trinajstić information content (AvgIpc) is 2.91. The fourth-order valence-electron chi connectivity index (χ4n) is 3.92. The second-order valence-electron chi connectivity index (χ2n) is 7.76. The molecule has 0 unspecified atom stereocenters. The standard InChI is InChI=1S/C27H25NO9/c1-32-20-10-16(11-21(33-2)25(20)35-4)28-27(31)15-8-6-7-14(9-15)18-12-17(29)23-19(37-18)13-22(34-3)26(36-5)24(23)30/h6-13,30H,1-5H3,(H,28,31). The Morgan fingerprint density at radius 3 is 2.03 bits per heavy atom. The Balaban J connectivity index is 1.71. The molecule has 3 aromatic carbocycles. The van der Waals surface area contributed by atoms with E-state index in [4.69, 9.17) is 28.1 Å². The van der Waals surface area contributed by atoms with E-state index in [9.17, 15) is 14.7 Å². The van der Waals surface area contributed by atoms with Gasteiger partial charge in [0.2, 0.25) is 11.5 Å². The van der Waals surface area contributed by atoms with E-state index in [1.807, 2.05) is 0 Å². The molecule has 4 aromatic rings. The molecule has 1 aromatic heterocycles. The van der Waals surface area contributed by atoms with Crippen LogP contribution in [0.25, 0.3) is 22.3 Å². The number of nitrogens with one attached hydrogen (secondary N) is 1. The van der Waals surface area contributed by atoms with Crippen molar-refractivity contribution in [3.05, 3.63) is 64.3 Å². The molecule has 1 heterocycles. The van der Waals surface area contributed by atoms with Gasteiger partial charge in [-0.1, -0.05) is 12.1 Å². The van der Waals surface area contributed by atoms with Gasteiger partial charge in [0.15, 0.2) is 28.4 Å². The highest BCUT2D eigenvalue weighted by molar-refractivity contribution is 6.05. The number of aromatic hydroxyl groups is 1. The lowest BCUT2D eigenvalue weighted by atomic mass is 10.1. The first-order chi connectivity index (χ1) is 17.8. The van der Waals surface area contributed by atoms with E-state index >= 15 is 0 Å². The molecule has 0 aliphatic heterocycles. The van der Waals surface area contributed by atoms with E-state index in [0.29, 0.717) is 34.1 Å². The van der Waals surface area contributed by atoms with Gasteiger partial charge in [0.1, 0.15) is 16.7 Å². The molecule has 0 spiro atoms. The lowest BCUT2D eigenvalue weighted by Crippen LogP contribution is -2.12. The summed E-state index contributed by atoms with van der Waals surface area (Å²) in [6.07, 6.45) is 0. The summed E-state index contributed by atoms with van der Waals surface area (Å²) in [5.74, 6) is 0.812. The van der Waals surface area contributed by atoms with Crippen LogP contribution >= 0.6 is 0 Å². The van der Waals surface area contributed by atoms with E-state index in [1.54, 1.807) is 36.4 Å². The molecule has 0 aliphatic rings. The Morgan fingerprint density at radius 1 is 0.811 bits per heavy atom.